The zero-order valence-corrected chi connectivity index (χ0v) is 17.3. The van der Waals surface area contributed by atoms with Crippen LogP contribution in [0.1, 0.15) is 29.5 Å². The maximum absolute atomic E-state index is 5.31. The molecule has 1 saturated heterocycles. The summed E-state index contributed by atoms with van der Waals surface area (Å²) in [4.78, 5) is 2.57. The Hall–Kier alpha value is -2.07. The van der Waals surface area contributed by atoms with Gasteiger partial charge >= 0.3 is 0 Å². The van der Waals surface area contributed by atoms with Crippen LogP contribution in [0.15, 0.2) is 60.7 Å². The molecule has 0 aliphatic carbocycles. The zero-order chi connectivity index (χ0) is 18.5. The van der Waals surface area contributed by atoms with E-state index in [1.54, 1.807) is 7.11 Å². The second-order valence-corrected chi connectivity index (χ2v) is 7.40. The first-order chi connectivity index (χ1) is 13.3. The van der Waals surface area contributed by atoms with E-state index in [0.717, 1.165) is 25.4 Å². The number of rotatable bonds is 7. The topological polar surface area (TPSA) is 24.5 Å². The maximum Gasteiger partial charge on any atom is 0.119 e. The molecule has 3 aromatic carbocycles. The van der Waals surface area contributed by atoms with Crippen molar-refractivity contribution in [3.8, 4) is 5.75 Å². The Morgan fingerprint density at radius 1 is 0.857 bits per heavy atom. The molecule has 0 bridgehead atoms. The van der Waals surface area contributed by atoms with Crippen molar-refractivity contribution < 1.29 is 4.74 Å². The van der Waals surface area contributed by atoms with Crippen molar-refractivity contribution in [1.29, 1.82) is 0 Å². The van der Waals surface area contributed by atoms with Gasteiger partial charge in [0.05, 0.1) is 7.11 Å². The first kappa shape index (κ1) is 20.7. The summed E-state index contributed by atoms with van der Waals surface area (Å²) in [5, 5.41) is 6.10. The molecular formula is C24H29ClN2O. The Morgan fingerprint density at radius 2 is 1.57 bits per heavy atom. The summed E-state index contributed by atoms with van der Waals surface area (Å²) >= 11 is 0. The highest BCUT2D eigenvalue weighted by Crippen LogP contribution is 2.22. The maximum atomic E-state index is 5.31. The monoisotopic (exact) mass is 396 g/mol. The lowest BCUT2D eigenvalue weighted by atomic mass is 10.1. The molecule has 3 nitrogen and oxygen atoms in total. The number of hydrogen-bond donors (Lipinski definition) is 1. The fourth-order valence-electron chi connectivity index (χ4n) is 3.92. The fourth-order valence-corrected chi connectivity index (χ4v) is 3.92. The fraction of sp³-hybridized carbons (Fsp3) is 0.333. The third-order valence-electron chi connectivity index (χ3n) is 5.47. The Kier molecular flexibility index (Phi) is 7.32. The van der Waals surface area contributed by atoms with Crippen LogP contribution >= 0.6 is 12.4 Å². The van der Waals surface area contributed by atoms with E-state index in [2.05, 4.69) is 64.8 Å². The second-order valence-electron chi connectivity index (χ2n) is 7.40. The molecule has 4 heteroatoms. The van der Waals surface area contributed by atoms with Crippen LogP contribution in [0.25, 0.3) is 10.8 Å². The Labute approximate surface area is 174 Å². The number of fused-ring (bicyclic) bond motifs is 1. The van der Waals surface area contributed by atoms with E-state index in [0.29, 0.717) is 0 Å². The van der Waals surface area contributed by atoms with Gasteiger partial charge in [0.15, 0.2) is 0 Å². The van der Waals surface area contributed by atoms with Crippen molar-refractivity contribution >= 4 is 23.2 Å². The van der Waals surface area contributed by atoms with Crippen LogP contribution in [0, 0.1) is 0 Å². The van der Waals surface area contributed by atoms with Gasteiger partial charge in [0.1, 0.15) is 5.75 Å². The van der Waals surface area contributed by atoms with Crippen LogP contribution in [0.4, 0.5) is 0 Å². The molecule has 0 unspecified atom stereocenters. The number of ether oxygens (including phenoxy) is 1. The van der Waals surface area contributed by atoms with Gasteiger partial charge in [-0.15, -0.1) is 12.4 Å². The van der Waals surface area contributed by atoms with E-state index in [4.69, 9.17) is 4.74 Å². The molecule has 3 aromatic rings. The molecule has 1 heterocycles. The molecule has 1 aliphatic rings. The predicted octanol–water partition coefficient (Wildman–Crippen LogP) is 5.16. The minimum absolute atomic E-state index is 0. The zero-order valence-electron chi connectivity index (χ0n) is 16.5. The van der Waals surface area contributed by atoms with Gasteiger partial charge in [-0.1, -0.05) is 42.5 Å². The molecule has 1 aliphatic heterocycles. The predicted molar refractivity (Wildman–Crippen MR) is 119 cm³/mol. The summed E-state index contributed by atoms with van der Waals surface area (Å²) in [7, 11) is 1.71. The lowest BCUT2D eigenvalue weighted by molar-refractivity contribution is 0.330. The normalized spacial score (nSPS) is 14.2. The molecule has 0 aromatic heterocycles. The molecule has 0 amide bonds. The van der Waals surface area contributed by atoms with Crippen molar-refractivity contribution in [2.24, 2.45) is 0 Å². The summed E-state index contributed by atoms with van der Waals surface area (Å²) < 4.78 is 5.31. The van der Waals surface area contributed by atoms with Gasteiger partial charge in [0.25, 0.3) is 0 Å². The van der Waals surface area contributed by atoms with E-state index >= 15 is 0 Å². The molecule has 1 fully saturated rings. The van der Waals surface area contributed by atoms with Gasteiger partial charge in [0, 0.05) is 19.6 Å². The van der Waals surface area contributed by atoms with Crippen LogP contribution in [0.5, 0.6) is 5.75 Å². The lowest BCUT2D eigenvalue weighted by Gasteiger charge is -2.18. The smallest absolute Gasteiger partial charge is 0.119 e. The lowest BCUT2D eigenvalue weighted by Crippen LogP contribution is -2.21. The van der Waals surface area contributed by atoms with Crippen LogP contribution in [-0.4, -0.2) is 25.1 Å². The van der Waals surface area contributed by atoms with Crippen molar-refractivity contribution in [2.45, 2.75) is 32.5 Å². The van der Waals surface area contributed by atoms with Crippen LogP contribution in [0.3, 0.4) is 0 Å². The van der Waals surface area contributed by atoms with Gasteiger partial charge in [0.2, 0.25) is 0 Å². The molecule has 1 N–H and O–H groups in total. The molecule has 4 rings (SSSR count). The third kappa shape index (κ3) is 5.05. The first-order valence-electron chi connectivity index (χ1n) is 9.88. The summed E-state index contributed by atoms with van der Waals surface area (Å²) in [5.41, 5.74) is 4.18. The Bertz CT molecular complexity index is 906. The number of halogens is 1. The van der Waals surface area contributed by atoms with E-state index in [1.165, 1.54) is 53.4 Å². The second kappa shape index (κ2) is 9.92. The average Bonchev–Trinajstić information content (AvgIpc) is 3.22. The summed E-state index contributed by atoms with van der Waals surface area (Å²) in [5.74, 6) is 0.906. The van der Waals surface area contributed by atoms with Crippen LogP contribution in [-0.2, 0) is 19.6 Å². The van der Waals surface area contributed by atoms with Crippen molar-refractivity contribution in [3.05, 3.63) is 77.4 Å². The quantitative estimate of drug-likeness (QED) is 0.597. The summed E-state index contributed by atoms with van der Waals surface area (Å²) in [6.45, 7) is 5.34. The van der Waals surface area contributed by atoms with Crippen molar-refractivity contribution in [3.63, 3.8) is 0 Å². The van der Waals surface area contributed by atoms with Gasteiger partial charge in [-0.3, -0.25) is 4.90 Å². The SMILES string of the molecule is COc1ccc2cc(CNCc3ccccc3CN3CCCC3)ccc2c1.Cl. The minimum atomic E-state index is 0. The van der Waals surface area contributed by atoms with Gasteiger partial charge < -0.3 is 10.1 Å². The number of methoxy groups -OCH3 is 1. The molecule has 0 saturated carbocycles. The number of benzene rings is 3. The standard InChI is InChI=1S/C24H28N2O.ClH/c1-27-24-11-10-20-14-19(8-9-21(20)15-24)16-25-17-22-6-2-3-7-23(22)18-26-12-4-5-13-26;/h2-3,6-11,14-15,25H,4-5,12-13,16-18H2,1H3;1H. The summed E-state index contributed by atoms with van der Waals surface area (Å²) in [6, 6.07) is 21.7. The largest absolute Gasteiger partial charge is 0.497 e. The number of nitrogens with one attached hydrogen (secondary N) is 1. The molecule has 0 radical (unpaired) electrons. The molecule has 148 valence electrons. The number of hydrogen-bond acceptors (Lipinski definition) is 3. The summed E-state index contributed by atoms with van der Waals surface area (Å²) in [6.07, 6.45) is 2.68. The molecule has 28 heavy (non-hydrogen) atoms. The van der Waals surface area contributed by atoms with E-state index < -0.39 is 0 Å². The van der Waals surface area contributed by atoms with Gasteiger partial charge in [-0.2, -0.15) is 0 Å². The van der Waals surface area contributed by atoms with Crippen molar-refractivity contribution in [2.75, 3.05) is 20.2 Å². The van der Waals surface area contributed by atoms with Crippen molar-refractivity contribution in [1.82, 2.24) is 10.2 Å². The molecular weight excluding hydrogens is 368 g/mol. The number of likely N-dealkylation sites (tertiary alicyclic amines) is 1. The van der Waals surface area contributed by atoms with Gasteiger partial charge in [-0.05, 0) is 71.6 Å². The molecule has 0 atom stereocenters. The highest BCUT2D eigenvalue weighted by molar-refractivity contribution is 5.85. The Balaban J connectivity index is 0.00000225. The average molecular weight is 397 g/mol. The van der Waals surface area contributed by atoms with E-state index in [1.807, 2.05) is 6.07 Å². The number of nitrogens with zero attached hydrogens (tertiary/aromatic N) is 1. The third-order valence-corrected chi connectivity index (χ3v) is 5.47. The van der Waals surface area contributed by atoms with Crippen LogP contribution < -0.4 is 10.1 Å². The first-order valence-corrected chi connectivity index (χ1v) is 9.88. The Morgan fingerprint density at radius 3 is 2.36 bits per heavy atom. The van der Waals surface area contributed by atoms with Crippen LogP contribution in [0.2, 0.25) is 0 Å². The minimum Gasteiger partial charge on any atom is -0.497 e. The highest BCUT2D eigenvalue weighted by Gasteiger charge is 2.13. The molecule has 0 spiro atoms. The highest BCUT2D eigenvalue weighted by atomic mass is 35.5. The van der Waals surface area contributed by atoms with E-state index in [-0.39, 0.29) is 12.4 Å². The van der Waals surface area contributed by atoms with Gasteiger partial charge in [-0.25, -0.2) is 0 Å². The van der Waals surface area contributed by atoms with E-state index in [9.17, 15) is 0 Å².